The van der Waals surface area contributed by atoms with Crippen molar-refractivity contribution in [2.24, 2.45) is 10.7 Å². The predicted octanol–water partition coefficient (Wildman–Crippen LogP) is 2.18. The summed E-state index contributed by atoms with van der Waals surface area (Å²) in [6.45, 7) is 0.611. The lowest BCUT2D eigenvalue weighted by molar-refractivity contribution is 0.958. The molecule has 0 unspecified atom stereocenters. The summed E-state index contributed by atoms with van der Waals surface area (Å²) in [6, 6.07) is 19.8. The van der Waals surface area contributed by atoms with Gasteiger partial charge in [0, 0.05) is 12.2 Å². The van der Waals surface area contributed by atoms with Crippen molar-refractivity contribution >= 4 is 17.6 Å². The summed E-state index contributed by atoms with van der Waals surface area (Å²) in [5.41, 5.74) is 7.50. The fraction of sp³-hybridized carbons (Fsp3) is 0.125. The van der Waals surface area contributed by atoms with Crippen LogP contribution in [0, 0.1) is 5.41 Å². The number of nitrogens with zero attached hydrogens (tertiary/aromatic N) is 1. The lowest BCUT2D eigenvalue weighted by Crippen LogP contribution is -2.40. The van der Waals surface area contributed by atoms with E-state index in [1.54, 1.807) is 0 Å². The number of guanidine groups is 2. The molecular formula is C16H19N5. The fourth-order valence-electron chi connectivity index (χ4n) is 1.84. The molecule has 0 fully saturated rings. The van der Waals surface area contributed by atoms with E-state index in [1.165, 1.54) is 5.56 Å². The summed E-state index contributed by atoms with van der Waals surface area (Å²) in [7, 11) is 0. The smallest absolute Gasteiger partial charge is 0.202 e. The predicted molar refractivity (Wildman–Crippen MR) is 87.6 cm³/mol. The van der Waals surface area contributed by atoms with E-state index in [2.05, 4.69) is 27.8 Å². The van der Waals surface area contributed by atoms with Crippen LogP contribution >= 0.6 is 0 Å². The molecule has 0 aromatic heterocycles. The average molecular weight is 281 g/mol. The molecule has 2 aromatic carbocycles. The highest BCUT2D eigenvalue weighted by Gasteiger charge is 2.00. The van der Waals surface area contributed by atoms with E-state index < -0.39 is 0 Å². The summed E-state index contributed by atoms with van der Waals surface area (Å²) < 4.78 is 0. The molecular weight excluding hydrogens is 262 g/mol. The molecule has 0 aliphatic rings. The molecule has 0 aliphatic heterocycles. The van der Waals surface area contributed by atoms with Crippen LogP contribution in [-0.4, -0.2) is 18.5 Å². The Labute approximate surface area is 124 Å². The van der Waals surface area contributed by atoms with Crippen molar-refractivity contribution in [3.05, 3.63) is 66.2 Å². The largest absolute Gasteiger partial charge is 0.370 e. The Bertz CT molecular complexity index is 593. The van der Waals surface area contributed by atoms with Gasteiger partial charge in [0.05, 0.1) is 0 Å². The number of nitrogens with one attached hydrogen (secondary N) is 3. The number of hydrogen-bond donors (Lipinski definition) is 4. The number of hydrogen-bond acceptors (Lipinski definition) is 2. The maximum absolute atomic E-state index is 7.34. The number of aliphatic imine (C=N–C) groups is 1. The van der Waals surface area contributed by atoms with Crippen molar-refractivity contribution in [2.45, 2.75) is 6.42 Å². The highest BCUT2D eigenvalue weighted by Crippen LogP contribution is 2.05. The van der Waals surface area contributed by atoms with Gasteiger partial charge in [0.25, 0.3) is 0 Å². The Balaban J connectivity index is 1.98. The zero-order valence-corrected chi connectivity index (χ0v) is 11.7. The van der Waals surface area contributed by atoms with Crippen LogP contribution in [0.1, 0.15) is 5.56 Å². The van der Waals surface area contributed by atoms with Crippen LogP contribution in [-0.2, 0) is 6.42 Å². The molecule has 0 atom stereocenters. The third kappa shape index (κ3) is 5.36. The van der Waals surface area contributed by atoms with Crippen LogP contribution in [0.15, 0.2) is 65.7 Å². The normalized spacial score (nSPS) is 11.0. The molecule has 2 rings (SSSR count). The molecule has 0 amide bonds. The number of para-hydroxylation sites is 1. The van der Waals surface area contributed by atoms with Crippen LogP contribution in [0.2, 0.25) is 0 Å². The minimum Gasteiger partial charge on any atom is -0.370 e. The SMILES string of the molecule is N=C(N)NC(=NCCc1ccccc1)Nc1ccccc1. The van der Waals surface area contributed by atoms with Crippen molar-refractivity contribution in [1.82, 2.24) is 5.32 Å². The lowest BCUT2D eigenvalue weighted by Gasteiger charge is -2.11. The van der Waals surface area contributed by atoms with Crippen LogP contribution < -0.4 is 16.4 Å². The second-order valence-electron chi connectivity index (χ2n) is 4.50. The molecule has 108 valence electrons. The van der Waals surface area contributed by atoms with Crippen LogP contribution in [0.25, 0.3) is 0 Å². The summed E-state index contributed by atoms with van der Waals surface area (Å²) >= 11 is 0. The fourth-order valence-corrected chi connectivity index (χ4v) is 1.84. The summed E-state index contributed by atoms with van der Waals surface area (Å²) in [6.07, 6.45) is 0.834. The van der Waals surface area contributed by atoms with Gasteiger partial charge < -0.3 is 11.1 Å². The Morgan fingerprint density at radius 1 is 1.00 bits per heavy atom. The molecule has 0 saturated carbocycles. The van der Waals surface area contributed by atoms with E-state index in [0.717, 1.165) is 12.1 Å². The third-order valence-electron chi connectivity index (χ3n) is 2.80. The van der Waals surface area contributed by atoms with E-state index in [4.69, 9.17) is 11.1 Å². The molecule has 0 aliphatic carbocycles. The zero-order chi connectivity index (χ0) is 14.9. The van der Waals surface area contributed by atoms with Gasteiger partial charge in [-0.25, -0.2) is 0 Å². The van der Waals surface area contributed by atoms with E-state index in [1.807, 2.05) is 48.5 Å². The van der Waals surface area contributed by atoms with Crippen LogP contribution in [0.3, 0.4) is 0 Å². The molecule has 0 spiro atoms. The monoisotopic (exact) mass is 281 g/mol. The highest BCUT2D eigenvalue weighted by atomic mass is 15.2. The quantitative estimate of drug-likeness (QED) is 0.512. The zero-order valence-electron chi connectivity index (χ0n) is 11.7. The third-order valence-corrected chi connectivity index (χ3v) is 2.80. The second-order valence-corrected chi connectivity index (χ2v) is 4.50. The molecule has 5 nitrogen and oxygen atoms in total. The molecule has 5 N–H and O–H groups in total. The number of benzene rings is 2. The van der Waals surface area contributed by atoms with Crippen molar-refractivity contribution in [2.75, 3.05) is 11.9 Å². The first-order valence-corrected chi connectivity index (χ1v) is 6.75. The number of nitrogens with two attached hydrogens (primary N) is 1. The molecule has 0 radical (unpaired) electrons. The Morgan fingerprint density at radius 2 is 1.62 bits per heavy atom. The molecule has 0 saturated heterocycles. The van der Waals surface area contributed by atoms with E-state index in [9.17, 15) is 0 Å². The summed E-state index contributed by atoms with van der Waals surface area (Å²) in [4.78, 5) is 4.43. The number of rotatable bonds is 4. The van der Waals surface area contributed by atoms with Crippen molar-refractivity contribution in [3.8, 4) is 0 Å². The highest BCUT2D eigenvalue weighted by molar-refractivity contribution is 6.03. The summed E-state index contributed by atoms with van der Waals surface area (Å²) in [5, 5.41) is 13.2. The maximum Gasteiger partial charge on any atom is 0.202 e. The van der Waals surface area contributed by atoms with Crippen molar-refractivity contribution in [1.29, 1.82) is 5.41 Å². The Kier molecular flexibility index (Phi) is 5.34. The lowest BCUT2D eigenvalue weighted by atomic mass is 10.2. The molecule has 5 heteroatoms. The minimum absolute atomic E-state index is 0.142. The van der Waals surface area contributed by atoms with Gasteiger partial charge in [-0.3, -0.25) is 15.7 Å². The molecule has 2 aromatic rings. The number of anilines is 1. The standard InChI is InChI=1S/C16H19N5/c17-15(18)21-16(20-14-9-5-2-6-10-14)19-12-11-13-7-3-1-4-8-13/h1-10H,11-12H2,(H5,17,18,19,20,21). The van der Waals surface area contributed by atoms with Crippen LogP contribution in [0.4, 0.5) is 5.69 Å². The molecule has 0 bridgehead atoms. The first-order chi connectivity index (χ1) is 10.2. The van der Waals surface area contributed by atoms with Gasteiger partial charge in [0.15, 0.2) is 5.96 Å². The Hall–Kier alpha value is -2.82. The van der Waals surface area contributed by atoms with Gasteiger partial charge in [0.2, 0.25) is 5.96 Å². The summed E-state index contributed by atoms with van der Waals surface area (Å²) in [5.74, 6) is 0.335. The van der Waals surface area contributed by atoms with Gasteiger partial charge in [-0.1, -0.05) is 48.5 Å². The van der Waals surface area contributed by atoms with Crippen molar-refractivity contribution in [3.63, 3.8) is 0 Å². The van der Waals surface area contributed by atoms with Gasteiger partial charge >= 0.3 is 0 Å². The maximum atomic E-state index is 7.34. The molecule has 21 heavy (non-hydrogen) atoms. The topological polar surface area (TPSA) is 86.3 Å². The average Bonchev–Trinajstić information content (AvgIpc) is 2.49. The van der Waals surface area contributed by atoms with Gasteiger partial charge in [-0.15, -0.1) is 0 Å². The van der Waals surface area contributed by atoms with E-state index >= 15 is 0 Å². The van der Waals surface area contributed by atoms with Gasteiger partial charge in [-0.2, -0.15) is 0 Å². The van der Waals surface area contributed by atoms with Gasteiger partial charge in [-0.05, 0) is 24.1 Å². The van der Waals surface area contributed by atoms with E-state index in [0.29, 0.717) is 12.5 Å². The van der Waals surface area contributed by atoms with Crippen molar-refractivity contribution < 1.29 is 0 Å². The first-order valence-electron chi connectivity index (χ1n) is 6.75. The Morgan fingerprint density at radius 3 is 2.24 bits per heavy atom. The second kappa shape index (κ2) is 7.69. The van der Waals surface area contributed by atoms with E-state index in [-0.39, 0.29) is 5.96 Å². The minimum atomic E-state index is -0.142. The van der Waals surface area contributed by atoms with Gasteiger partial charge in [0.1, 0.15) is 0 Å². The molecule has 0 heterocycles. The first kappa shape index (κ1) is 14.6. The van der Waals surface area contributed by atoms with Crippen LogP contribution in [0.5, 0.6) is 0 Å².